The van der Waals surface area contributed by atoms with E-state index in [1.165, 1.54) is 36.2 Å². The van der Waals surface area contributed by atoms with E-state index < -0.39 is 23.7 Å². The summed E-state index contributed by atoms with van der Waals surface area (Å²) in [7, 11) is 1.52. The minimum atomic E-state index is -5.29. The molecular formula is C30H24Cl2F4N6O3. The van der Waals surface area contributed by atoms with Crippen molar-refractivity contribution in [3.05, 3.63) is 82.2 Å². The average Bonchev–Trinajstić information content (AvgIpc) is 3.64. The largest absolute Gasteiger partial charge is 0.497 e. The van der Waals surface area contributed by atoms with Gasteiger partial charge >= 0.3 is 12.1 Å². The molecule has 45 heavy (non-hydrogen) atoms. The number of hydrogen-bond donors (Lipinski definition) is 1. The second-order valence-corrected chi connectivity index (χ2v) is 10.9. The lowest BCUT2D eigenvalue weighted by molar-refractivity contribution is -0.189. The van der Waals surface area contributed by atoms with Crippen LogP contribution in [-0.2, 0) is 11.3 Å². The molecule has 0 saturated carbocycles. The van der Waals surface area contributed by atoms with Crippen LogP contribution in [0.25, 0.3) is 28.0 Å². The monoisotopic (exact) mass is 662 g/mol. The third-order valence-electron chi connectivity index (χ3n) is 7.30. The van der Waals surface area contributed by atoms with Gasteiger partial charge in [-0.2, -0.15) is 18.3 Å². The first-order valence-electron chi connectivity index (χ1n) is 13.7. The molecule has 0 radical (unpaired) electrons. The van der Waals surface area contributed by atoms with Crippen LogP contribution in [0.3, 0.4) is 0 Å². The Balaban J connectivity index is 1.62. The smallest absolute Gasteiger partial charge is 0.491 e. The predicted octanol–water partition coefficient (Wildman–Crippen LogP) is 6.27. The van der Waals surface area contributed by atoms with Gasteiger partial charge in [-0.05, 0) is 54.1 Å². The van der Waals surface area contributed by atoms with Crippen LogP contribution < -0.4 is 19.7 Å². The molecule has 9 nitrogen and oxygen atoms in total. The summed E-state index contributed by atoms with van der Waals surface area (Å²) >= 11 is 12.7. The van der Waals surface area contributed by atoms with Crippen molar-refractivity contribution in [3.8, 4) is 28.4 Å². The fraction of sp³-hybridized carbons (Fsp3) is 0.233. The van der Waals surface area contributed by atoms with E-state index >= 15 is 0 Å². The number of carbonyl (C=O) groups is 1. The molecule has 1 aliphatic rings. The van der Waals surface area contributed by atoms with E-state index in [-0.39, 0.29) is 33.4 Å². The number of piperazine rings is 1. The minimum absolute atomic E-state index is 0.0238. The predicted molar refractivity (Wildman–Crippen MR) is 161 cm³/mol. The maximum atomic E-state index is 14.0. The molecule has 1 N–H and O–H groups in total. The van der Waals surface area contributed by atoms with Crippen molar-refractivity contribution in [1.82, 2.24) is 24.6 Å². The number of halogens is 6. The van der Waals surface area contributed by atoms with Crippen molar-refractivity contribution < 1.29 is 31.8 Å². The van der Waals surface area contributed by atoms with Gasteiger partial charge in [0.2, 0.25) is 5.95 Å². The Morgan fingerprint density at radius 3 is 2.42 bits per heavy atom. The Morgan fingerprint density at radius 1 is 1.02 bits per heavy atom. The van der Waals surface area contributed by atoms with E-state index in [4.69, 9.17) is 37.7 Å². The molecule has 0 aliphatic carbocycles. The lowest BCUT2D eigenvalue weighted by Gasteiger charge is -2.29. The number of imidazole rings is 1. The Morgan fingerprint density at radius 2 is 1.76 bits per heavy atom. The molecule has 1 saturated heterocycles. The van der Waals surface area contributed by atoms with E-state index in [0.29, 0.717) is 54.6 Å². The molecule has 5 aromatic rings. The van der Waals surface area contributed by atoms with Crippen LogP contribution in [0.15, 0.2) is 60.8 Å². The second-order valence-electron chi connectivity index (χ2n) is 10.1. The molecule has 0 atom stereocenters. The number of nitrogens with zero attached hydrogens (tertiary/aromatic N) is 5. The van der Waals surface area contributed by atoms with E-state index in [0.717, 1.165) is 0 Å². The number of benzene rings is 3. The Labute approximate surface area is 263 Å². The lowest BCUT2D eigenvalue weighted by Crippen LogP contribution is -2.44. The SMILES string of the molecule is COc1ccc(-n2nccc2-c2c(OC(=O)C(F)(F)F)c(Cl)cc3c2nc(N2CCNCC2)n3Cc2ccc(F)c(Cl)c2)cc1. The number of aromatic nitrogens is 4. The van der Waals surface area contributed by atoms with Gasteiger partial charge in [0.25, 0.3) is 0 Å². The molecule has 0 spiro atoms. The van der Waals surface area contributed by atoms with Crippen molar-refractivity contribution in [2.75, 3.05) is 38.2 Å². The molecule has 0 unspecified atom stereocenters. The summed E-state index contributed by atoms with van der Waals surface area (Å²) < 4.78 is 67.9. The molecule has 0 amide bonds. The molecule has 1 fully saturated rings. The van der Waals surface area contributed by atoms with Crippen molar-refractivity contribution in [1.29, 1.82) is 0 Å². The van der Waals surface area contributed by atoms with Gasteiger partial charge in [0.05, 0.1) is 52.4 Å². The molecule has 0 bridgehead atoms. The number of nitrogens with one attached hydrogen (secondary N) is 1. The summed E-state index contributed by atoms with van der Waals surface area (Å²) in [5.41, 5.74) is 2.11. The number of anilines is 1. The highest BCUT2D eigenvalue weighted by Gasteiger charge is 2.42. The van der Waals surface area contributed by atoms with Gasteiger partial charge in [-0.1, -0.05) is 29.3 Å². The third kappa shape index (κ3) is 6.02. The maximum Gasteiger partial charge on any atom is 0.491 e. The lowest BCUT2D eigenvalue weighted by atomic mass is 10.1. The Kier molecular flexibility index (Phi) is 8.33. The van der Waals surface area contributed by atoms with Gasteiger partial charge in [-0.15, -0.1) is 0 Å². The van der Waals surface area contributed by atoms with Crippen molar-refractivity contribution in [2.45, 2.75) is 12.7 Å². The van der Waals surface area contributed by atoms with Gasteiger partial charge in [-0.25, -0.2) is 18.9 Å². The van der Waals surface area contributed by atoms with Crippen LogP contribution in [0.1, 0.15) is 5.56 Å². The van der Waals surface area contributed by atoms with Gasteiger partial charge in [-0.3, -0.25) is 0 Å². The summed E-state index contributed by atoms with van der Waals surface area (Å²) in [5.74, 6) is -2.48. The molecule has 234 valence electrons. The number of alkyl halides is 3. The quantitative estimate of drug-likeness (QED) is 0.125. The zero-order valence-electron chi connectivity index (χ0n) is 23.5. The van der Waals surface area contributed by atoms with E-state index in [9.17, 15) is 22.4 Å². The van der Waals surface area contributed by atoms with Gasteiger partial charge in [0, 0.05) is 26.2 Å². The van der Waals surface area contributed by atoms with E-state index in [2.05, 4.69) is 10.4 Å². The van der Waals surface area contributed by atoms with Crippen molar-refractivity contribution in [3.63, 3.8) is 0 Å². The van der Waals surface area contributed by atoms with Crippen LogP contribution in [0.4, 0.5) is 23.5 Å². The van der Waals surface area contributed by atoms with Crippen molar-refractivity contribution in [2.24, 2.45) is 0 Å². The minimum Gasteiger partial charge on any atom is -0.497 e. The summed E-state index contributed by atoms with van der Waals surface area (Å²) in [6.07, 6.45) is -3.84. The van der Waals surface area contributed by atoms with Gasteiger partial charge in [0.1, 0.15) is 17.1 Å². The summed E-state index contributed by atoms with van der Waals surface area (Å²) in [6, 6.07) is 14.1. The number of carbonyl (C=O) groups excluding carboxylic acids is 1. The molecule has 6 rings (SSSR count). The molecule has 2 aromatic heterocycles. The summed E-state index contributed by atoms with van der Waals surface area (Å²) in [6.45, 7) is 2.66. The summed E-state index contributed by atoms with van der Waals surface area (Å²) in [4.78, 5) is 19.1. The number of ether oxygens (including phenoxy) is 2. The molecular weight excluding hydrogens is 639 g/mol. The van der Waals surface area contributed by atoms with Crippen LogP contribution in [0.2, 0.25) is 10.0 Å². The highest BCUT2D eigenvalue weighted by atomic mass is 35.5. The first-order chi connectivity index (χ1) is 21.5. The van der Waals surface area contributed by atoms with Crippen LogP contribution in [0.5, 0.6) is 11.5 Å². The molecule has 3 heterocycles. The third-order valence-corrected chi connectivity index (χ3v) is 7.87. The topological polar surface area (TPSA) is 86.4 Å². The average molecular weight is 663 g/mol. The summed E-state index contributed by atoms with van der Waals surface area (Å²) in [5, 5.41) is 7.35. The number of rotatable bonds is 7. The first-order valence-corrected chi connectivity index (χ1v) is 14.4. The molecule has 15 heteroatoms. The van der Waals surface area contributed by atoms with Crippen LogP contribution in [-0.4, -0.2) is 64.8 Å². The second kappa shape index (κ2) is 12.2. The number of esters is 1. The fourth-order valence-electron chi connectivity index (χ4n) is 5.19. The number of hydrogen-bond acceptors (Lipinski definition) is 7. The zero-order chi connectivity index (χ0) is 31.9. The highest BCUT2D eigenvalue weighted by Crippen LogP contribution is 2.45. The number of methoxy groups -OCH3 is 1. The molecule has 3 aromatic carbocycles. The van der Waals surface area contributed by atoms with E-state index in [1.807, 2.05) is 9.47 Å². The fourth-order valence-corrected chi connectivity index (χ4v) is 5.63. The Hall–Kier alpha value is -4.33. The van der Waals surface area contributed by atoms with Crippen molar-refractivity contribution >= 4 is 46.2 Å². The standard InChI is InChI=1S/C30H24Cl2F4N6O3/c1-44-19-5-3-18(4-6-19)42-23(8-9-38-42)25-26-24(15-21(32)27(25)45-28(43)30(34,35)36)41(16-17-2-7-22(33)20(31)14-17)29(39-26)40-12-10-37-11-13-40/h2-9,14-15,37H,10-13,16H2,1H3. The normalized spacial score (nSPS) is 13.8. The highest BCUT2D eigenvalue weighted by molar-refractivity contribution is 6.34. The van der Waals surface area contributed by atoms with E-state index in [1.54, 1.807) is 36.4 Å². The van der Waals surface area contributed by atoms with Crippen LogP contribution >= 0.6 is 23.2 Å². The van der Waals surface area contributed by atoms with Gasteiger partial charge in [0.15, 0.2) is 5.75 Å². The zero-order valence-corrected chi connectivity index (χ0v) is 25.0. The van der Waals surface area contributed by atoms with Crippen LogP contribution in [0, 0.1) is 5.82 Å². The first kappa shape index (κ1) is 30.7. The number of fused-ring (bicyclic) bond motifs is 1. The molecule has 1 aliphatic heterocycles. The maximum absolute atomic E-state index is 14.0. The van der Waals surface area contributed by atoms with Gasteiger partial charge < -0.3 is 24.3 Å². The Bertz CT molecular complexity index is 1890.